The zero-order valence-electron chi connectivity index (χ0n) is 10.2. The quantitative estimate of drug-likeness (QED) is 0.825. The molecule has 2 aromatic carbocycles. The molecular weight excluding hydrogens is 266 g/mol. The van der Waals surface area contributed by atoms with E-state index in [-0.39, 0.29) is 11.1 Å². The van der Waals surface area contributed by atoms with Crippen LogP contribution >= 0.6 is 0 Å². The second-order valence-electron chi connectivity index (χ2n) is 3.93. The molecule has 0 heterocycles. The third kappa shape index (κ3) is 3.38. The second kappa shape index (κ2) is 5.92. The van der Waals surface area contributed by atoms with Crippen LogP contribution in [0.2, 0.25) is 0 Å². The highest BCUT2D eigenvalue weighted by molar-refractivity contribution is 5.98. The van der Waals surface area contributed by atoms with Gasteiger partial charge in [0.2, 0.25) is 0 Å². The summed E-state index contributed by atoms with van der Waals surface area (Å²) in [6.07, 6.45) is 0. The first-order chi connectivity index (χ1) is 9.56. The molecule has 2 amide bonds. The molecule has 0 fully saturated rings. The Hall–Kier alpha value is -2.76. The van der Waals surface area contributed by atoms with Gasteiger partial charge in [0.25, 0.3) is 11.8 Å². The molecule has 0 aliphatic rings. The van der Waals surface area contributed by atoms with E-state index in [1.54, 1.807) is 0 Å². The summed E-state index contributed by atoms with van der Waals surface area (Å²) in [4.78, 5) is 23.3. The highest BCUT2D eigenvalue weighted by Gasteiger charge is 2.09. The zero-order valence-corrected chi connectivity index (χ0v) is 10.2. The summed E-state index contributed by atoms with van der Waals surface area (Å²) in [5, 5.41) is 0. The van der Waals surface area contributed by atoms with Gasteiger partial charge in [-0.1, -0.05) is 6.07 Å². The summed E-state index contributed by atoms with van der Waals surface area (Å²) < 4.78 is 25.6. The highest BCUT2D eigenvalue weighted by atomic mass is 19.1. The minimum atomic E-state index is -0.653. The Morgan fingerprint density at radius 3 is 1.95 bits per heavy atom. The maximum atomic E-state index is 12.9. The van der Waals surface area contributed by atoms with Crippen molar-refractivity contribution in [2.75, 3.05) is 0 Å². The lowest BCUT2D eigenvalue weighted by atomic mass is 10.2. The van der Waals surface area contributed by atoms with Crippen LogP contribution in [0.3, 0.4) is 0 Å². The number of rotatable bonds is 2. The van der Waals surface area contributed by atoms with Crippen LogP contribution in [-0.2, 0) is 0 Å². The molecular formula is C14H10F2N2O2. The molecule has 0 bridgehead atoms. The van der Waals surface area contributed by atoms with E-state index >= 15 is 0 Å². The smallest absolute Gasteiger partial charge is 0.267 e. The average molecular weight is 276 g/mol. The number of hydrogen-bond donors (Lipinski definition) is 2. The fourth-order valence-corrected chi connectivity index (χ4v) is 1.49. The van der Waals surface area contributed by atoms with Gasteiger partial charge in [0, 0.05) is 11.1 Å². The number of benzene rings is 2. The fraction of sp³-hybridized carbons (Fsp3) is 0. The molecule has 0 saturated carbocycles. The van der Waals surface area contributed by atoms with Crippen LogP contribution in [-0.4, -0.2) is 11.8 Å². The standard InChI is InChI=1S/C14H10F2N2O2/c15-11-6-4-9(5-7-11)13(19)17-18-14(20)10-2-1-3-12(16)8-10/h1-8H,(H,17,19)(H,18,20). The number of hydrazine groups is 1. The summed E-state index contributed by atoms with van der Waals surface area (Å²) in [5.74, 6) is -2.28. The first-order valence-electron chi connectivity index (χ1n) is 5.68. The van der Waals surface area contributed by atoms with Gasteiger partial charge in [-0.15, -0.1) is 0 Å². The monoisotopic (exact) mass is 276 g/mol. The van der Waals surface area contributed by atoms with Gasteiger partial charge in [0.1, 0.15) is 11.6 Å². The number of amides is 2. The van der Waals surface area contributed by atoms with Crippen LogP contribution in [0, 0.1) is 11.6 Å². The molecule has 0 aliphatic heterocycles. The molecule has 0 unspecified atom stereocenters. The van der Waals surface area contributed by atoms with E-state index in [4.69, 9.17) is 0 Å². The van der Waals surface area contributed by atoms with Gasteiger partial charge in [-0.2, -0.15) is 0 Å². The predicted molar refractivity (Wildman–Crippen MR) is 67.7 cm³/mol. The van der Waals surface area contributed by atoms with E-state index in [9.17, 15) is 18.4 Å². The van der Waals surface area contributed by atoms with Crippen LogP contribution in [0.4, 0.5) is 8.78 Å². The summed E-state index contributed by atoms with van der Waals surface area (Å²) in [6.45, 7) is 0. The van der Waals surface area contributed by atoms with Crippen molar-refractivity contribution in [3.05, 3.63) is 71.3 Å². The number of halogens is 2. The van der Waals surface area contributed by atoms with Gasteiger partial charge < -0.3 is 0 Å². The first kappa shape index (κ1) is 13.7. The topological polar surface area (TPSA) is 58.2 Å². The minimum Gasteiger partial charge on any atom is -0.267 e. The van der Waals surface area contributed by atoms with Crippen molar-refractivity contribution in [2.24, 2.45) is 0 Å². The lowest BCUT2D eigenvalue weighted by Crippen LogP contribution is -2.41. The van der Waals surface area contributed by atoms with Gasteiger partial charge in [0.15, 0.2) is 0 Å². The van der Waals surface area contributed by atoms with Gasteiger partial charge >= 0.3 is 0 Å². The SMILES string of the molecule is O=C(NNC(=O)c1cccc(F)c1)c1ccc(F)cc1. The molecule has 0 radical (unpaired) electrons. The highest BCUT2D eigenvalue weighted by Crippen LogP contribution is 2.04. The molecule has 102 valence electrons. The fourth-order valence-electron chi connectivity index (χ4n) is 1.49. The molecule has 6 heteroatoms. The molecule has 20 heavy (non-hydrogen) atoms. The Balaban J connectivity index is 1.96. The van der Waals surface area contributed by atoms with E-state index in [1.165, 1.54) is 30.3 Å². The molecule has 0 atom stereocenters. The molecule has 4 nitrogen and oxygen atoms in total. The molecule has 0 saturated heterocycles. The Morgan fingerprint density at radius 2 is 1.35 bits per heavy atom. The van der Waals surface area contributed by atoms with Crippen molar-refractivity contribution in [1.82, 2.24) is 10.9 Å². The Kier molecular flexibility index (Phi) is 4.05. The summed E-state index contributed by atoms with van der Waals surface area (Å²) in [6, 6.07) is 9.84. The van der Waals surface area contributed by atoms with Crippen molar-refractivity contribution in [1.29, 1.82) is 0 Å². The van der Waals surface area contributed by atoms with E-state index in [0.717, 1.165) is 18.2 Å². The van der Waals surface area contributed by atoms with Crippen molar-refractivity contribution in [3.8, 4) is 0 Å². The van der Waals surface area contributed by atoms with Crippen molar-refractivity contribution in [2.45, 2.75) is 0 Å². The lowest BCUT2D eigenvalue weighted by molar-refractivity contribution is 0.0846. The molecule has 2 rings (SSSR count). The third-order valence-electron chi connectivity index (χ3n) is 2.48. The molecule has 2 N–H and O–H groups in total. The maximum absolute atomic E-state index is 12.9. The van der Waals surface area contributed by atoms with Crippen LogP contribution in [0.1, 0.15) is 20.7 Å². The van der Waals surface area contributed by atoms with Crippen molar-refractivity contribution < 1.29 is 18.4 Å². The summed E-state index contributed by atoms with van der Waals surface area (Å²) >= 11 is 0. The van der Waals surface area contributed by atoms with E-state index in [0.29, 0.717) is 0 Å². The van der Waals surface area contributed by atoms with Crippen LogP contribution < -0.4 is 10.9 Å². The molecule has 2 aromatic rings. The summed E-state index contributed by atoms with van der Waals surface area (Å²) in [5.41, 5.74) is 4.55. The van der Waals surface area contributed by atoms with Gasteiger partial charge in [-0.3, -0.25) is 20.4 Å². The molecule has 0 aromatic heterocycles. The van der Waals surface area contributed by atoms with E-state index < -0.39 is 23.4 Å². The maximum Gasteiger partial charge on any atom is 0.269 e. The van der Waals surface area contributed by atoms with Gasteiger partial charge in [-0.25, -0.2) is 8.78 Å². The zero-order chi connectivity index (χ0) is 14.5. The number of hydrogen-bond acceptors (Lipinski definition) is 2. The van der Waals surface area contributed by atoms with Gasteiger partial charge in [-0.05, 0) is 42.5 Å². The van der Waals surface area contributed by atoms with E-state index in [1.807, 2.05) is 0 Å². The van der Waals surface area contributed by atoms with Gasteiger partial charge in [0.05, 0.1) is 0 Å². The number of carbonyl (C=O) groups excluding carboxylic acids is 2. The molecule has 0 spiro atoms. The van der Waals surface area contributed by atoms with Crippen LogP contribution in [0.15, 0.2) is 48.5 Å². The van der Waals surface area contributed by atoms with Crippen LogP contribution in [0.5, 0.6) is 0 Å². The Bertz CT molecular complexity index is 642. The number of nitrogens with one attached hydrogen (secondary N) is 2. The third-order valence-corrected chi connectivity index (χ3v) is 2.48. The second-order valence-corrected chi connectivity index (χ2v) is 3.93. The molecule has 0 aliphatic carbocycles. The predicted octanol–water partition coefficient (Wildman–Crippen LogP) is 2.04. The lowest BCUT2D eigenvalue weighted by Gasteiger charge is -2.07. The minimum absolute atomic E-state index is 0.0735. The summed E-state index contributed by atoms with van der Waals surface area (Å²) in [7, 11) is 0. The van der Waals surface area contributed by atoms with Crippen molar-refractivity contribution in [3.63, 3.8) is 0 Å². The largest absolute Gasteiger partial charge is 0.269 e. The Labute approximate surface area is 113 Å². The average Bonchev–Trinajstić information content (AvgIpc) is 2.45. The first-order valence-corrected chi connectivity index (χ1v) is 5.68. The van der Waals surface area contributed by atoms with Crippen LogP contribution in [0.25, 0.3) is 0 Å². The van der Waals surface area contributed by atoms with E-state index in [2.05, 4.69) is 10.9 Å². The Morgan fingerprint density at radius 1 is 0.750 bits per heavy atom. The normalized spacial score (nSPS) is 9.90. The number of carbonyl (C=O) groups is 2. The van der Waals surface area contributed by atoms with Crippen molar-refractivity contribution >= 4 is 11.8 Å².